The Balaban J connectivity index is 1.62. The maximum atomic E-state index is 13.5. The first-order valence-electron chi connectivity index (χ1n) is 10.7. The third kappa shape index (κ3) is 4.84. The van der Waals surface area contributed by atoms with Crippen molar-refractivity contribution in [2.45, 2.75) is 44.8 Å². The molecule has 4 rings (SSSR count). The molecule has 2 N–H and O–H groups in total. The Morgan fingerprint density at radius 3 is 2.48 bits per heavy atom. The van der Waals surface area contributed by atoms with Crippen LogP contribution in [0.1, 0.15) is 49.2 Å². The van der Waals surface area contributed by atoms with Gasteiger partial charge in [0.2, 0.25) is 11.7 Å². The molecule has 0 aliphatic carbocycles. The third-order valence-electron chi connectivity index (χ3n) is 5.52. The summed E-state index contributed by atoms with van der Waals surface area (Å²) in [5.41, 5.74) is 1.17. The number of nitrogens with zero attached hydrogens (tertiary/aromatic N) is 1. The summed E-state index contributed by atoms with van der Waals surface area (Å²) < 4.78 is 10.8. The van der Waals surface area contributed by atoms with Crippen molar-refractivity contribution < 1.29 is 28.6 Å². The Morgan fingerprint density at radius 2 is 1.82 bits per heavy atom. The van der Waals surface area contributed by atoms with E-state index in [9.17, 15) is 14.4 Å². The number of furan rings is 1. The van der Waals surface area contributed by atoms with Gasteiger partial charge in [-0.1, -0.05) is 30.3 Å². The van der Waals surface area contributed by atoms with Crippen molar-refractivity contribution in [3.63, 3.8) is 0 Å². The number of ether oxygens (including phenoxy) is 1. The second-order valence-corrected chi connectivity index (χ2v) is 9.08. The van der Waals surface area contributed by atoms with Crippen molar-refractivity contribution in [2.75, 3.05) is 11.9 Å². The van der Waals surface area contributed by atoms with E-state index in [4.69, 9.17) is 14.3 Å². The molecule has 1 aromatic heterocycles. The number of anilines is 1. The Kier molecular flexibility index (Phi) is 5.84. The van der Waals surface area contributed by atoms with Crippen LogP contribution >= 0.6 is 0 Å². The molecule has 2 atom stereocenters. The van der Waals surface area contributed by atoms with Crippen LogP contribution in [0, 0.1) is 0 Å². The molecule has 8 heteroatoms. The van der Waals surface area contributed by atoms with Gasteiger partial charge in [0.25, 0.3) is 0 Å². The van der Waals surface area contributed by atoms with Crippen molar-refractivity contribution in [3.05, 3.63) is 65.9 Å². The number of likely N-dealkylation sites (tertiary alicyclic amines) is 1. The molecule has 0 spiro atoms. The van der Waals surface area contributed by atoms with Crippen LogP contribution in [0.3, 0.4) is 0 Å². The molecule has 2 amide bonds. The van der Waals surface area contributed by atoms with Gasteiger partial charge in [-0.25, -0.2) is 9.59 Å². The first-order valence-corrected chi connectivity index (χ1v) is 10.7. The van der Waals surface area contributed by atoms with Gasteiger partial charge in [0.05, 0.1) is 0 Å². The highest BCUT2D eigenvalue weighted by atomic mass is 16.6. The molecule has 0 unspecified atom stereocenters. The molecule has 8 nitrogen and oxygen atoms in total. The van der Waals surface area contributed by atoms with E-state index in [1.165, 1.54) is 11.0 Å². The maximum Gasteiger partial charge on any atom is 0.410 e. The first kappa shape index (κ1) is 22.4. The van der Waals surface area contributed by atoms with Crippen molar-refractivity contribution in [1.82, 2.24) is 4.90 Å². The Hall–Kier alpha value is -3.81. The normalized spacial score (nSPS) is 18.3. The van der Waals surface area contributed by atoms with Crippen LogP contribution in [0.4, 0.5) is 10.5 Å². The van der Waals surface area contributed by atoms with Gasteiger partial charge >= 0.3 is 12.1 Å². The third-order valence-corrected chi connectivity index (χ3v) is 5.52. The number of aromatic carboxylic acids is 1. The standard InChI is InChI=1S/C25H26N2O6/c1-25(2,3)33-24(31)27-12-11-18(15-7-5-4-6-8-15)21(27)22(28)26-17-9-10-19-16(13-17)14-20(32-19)23(29)30/h4-10,13-14,18,21H,11-12H2,1-3H3,(H,26,28)(H,29,30)/t18-,21+/m1/s1. The van der Waals surface area contributed by atoms with E-state index in [-0.39, 0.29) is 17.6 Å². The molecule has 33 heavy (non-hydrogen) atoms. The van der Waals surface area contributed by atoms with Gasteiger partial charge in [-0.05, 0) is 57.0 Å². The van der Waals surface area contributed by atoms with Gasteiger partial charge in [-0.3, -0.25) is 9.69 Å². The molecule has 0 saturated carbocycles. The molecular weight excluding hydrogens is 424 g/mol. The number of amides is 2. The fourth-order valence-electron chi connectivity index (χ4n) is 4.13. The minimum absolute atomic E-state index is 0.176. The zero-order valence-electron chi connectivity index (χ0n) is 18.7. The minimum Gasteiger partial charge on any atom is -0.475 e. The molecule has 2 heterocycles. The summed E-state index contributed by atoms with van der Waals surface area (Å²) in [6.45, 7) is 5.76. The van der Waals surface area contributed by atoms with Crippen LogP contribution in [0.2, 0.25) is 0 Å². The highest BCUT2D eigenvalue weighted by molar-refractivity contribution is 6.00. The second-order valence-electron chi connectivity index (χ2n) is 9.08. The number of fused-ring (bicyclic) bond motifs is 1. The van der Waals surface area contributed by atoms with E-state index in [2.05, 4.69) is 5.32 Å². The number of carboxylic acid groups (broad SMARTS) is 1. The molecule has 2 aromatic carbocycles. The molecule has 1 aliphatic heterocycles. The summed E-state index contributed by atoms with van der Waals surface area (Å²) in [4.78, 5) is 39.0. The van der Waals surface area contributed by atoms with Crippen LogP contribution < -0.4 is 5.32 Å². The Labute approximate surface area is 191 Å². The summed E-state index contributed by atoms with van der Waals surface area (Å²) in [6.07, 6.45) is 0.0989. The zero-order valence-corrected chi connectivity index (χ0v) is 18.7. The fourth-order valence-corrected chi connectivity index (χ4v) is 4.13. The SMILES string of the molecule is CC(C)(C)OC(=O)N1CC[C@H](c2ccccc2)[C@H]1C(=O)Nc1ccc2oc(C(=O)O)cc2c1. The van der Waals surface area contributed by atoms with Crippen LogP contribution in [0.25, 0.3) is 11.0 Å². The van der Waals surface area contributed by atoms with Gasteiger partial charge in [-0.15, -0.1) is 0 Å². The molecule has 1 fully saturated rings. The Bertz CT molecular complexity index is 1190. The average Bonchev–Trinajstić information content (AvgIpc) is 3.37. The van der Waals surface area contributed by atoms with Gasteiger partial charge in [0.15, 0.2) is 0 Å². The predicted molar refractivity (Wildman–Crippen MR) is 122 cm³/mol. The van der Waals surface area contributed by atoms with Gasteiger partial charge in [0.1, 0.15) is 17.2 Å². The minimum atomic E-state index is -1.17. The lowest BCUT2D eigenvalue weighted by Crippen LogP contribution is -2.47. The van der Waals surface area contributed by atoms with Crippen LogP contribution in [0.15, 0.2) is 59.0 Å². The largest absolute Gasteiger partial charge is 0.475 e. The lowest BCUT2D eigenvalue weighted by molar-refractivity contribution is -0.120. The van der Waals surface area contributed by atoms with Crippen LogP contribution in [-0.4, -0.2) is 46.2 Å². The van der Waals surface area contributed by atoms with Crippen LogP contribution in [0.5, 0.6) is 0 Å². The number of carbonyl (C=O) groups excluding carboxylic acids is 2. The van der Waals surface area contributed by atoms with E-state index >= 15 is 0 Å². The number of nitrogens with one attached hydrogen (secondary N) is 1. The molecule has 1 aliphatic rings. The fraction of sp³-hybridized carbons (Fsp3) is 0.320. The van der Waals surface area contributed by atoms with E-state index in [1.54, 1.807) is 39.0 Å². The lowest BCUT2D eigenvalue weighted by Gasteiger charge is -2.30. The summed E-state index contributed by atoms with van der Waals surface area (Å²) >= 11 is 0. The monoisotopic (exact) mass is 450 g/mol. The number of hydrogen-bond donors (Lipinski definition) is 2. The predicted octanol–water partition coefficient (Wildman–Crippen LogP) is 4.86. The first-order chi connectivity index (χ1) is 15.6. The summed E-state index contributed by atoms with van der Waals surface area (Å²) in [6, 6.07) is 15.2. The highest BCUT2D eigenvalue weighted by Crippen LogP contribution is 2.35. The van der Waals surface area contributed by atoms with E-state index < -0.39 is 23.7 Å². The summed E-state index contributed by atoms with van der Waals surface area (Å²) in [7, 11) is 0. The second kappa shape index (κ2) is 8.61. The van der Waals surface area contributed by atoms with Crippen molar-refractivity contribution in [3.8, 4) is 0 Å². The van der Waals surface area contributed by atoms with E-state index in [0.717, 1.165) is 5.56 Å². The van der Waals surface area contributed by atoms with Crippen molar-refractivity contribution in [2.24, 2.45) is 0 Å². The number of benzene rings is 2. The summed E-state index contributed by atoms with van der Waals surface area (Å²) in [5, 5.41) is 12.6. The smallest absolute Gasteiger partial charge is 0.410 e. The molecule has 1 saturated heterocycles. The summed E-state index contributed by atoms with van der Waals surface area (Å²) in [5.74, 6) is -1.87. The van der Waals surface area contributed by atoms with Gasteiger partial charge in [-0.2, -0.15) is 0 Å². The number of carbonyl (C=O) groups is 3. The van der Waals surface area contributed by atoms with E-state index in [1.807, 2.05) is 30.3 Å². The van der Waals surface area contributed by atoms with Crippen molar-refractivity contribution >= 4 is 34.6 Å². The molecule has 172 valence electrons. The zero-order chi connectivity index (χ0) is 23.8. The van der Waals surface area contributed by atoms with Gasteiger partial charge in [0, 0.05) is 23.5 Å². The lowest BCUT2D eigenvalue weighted by atomic mass is 9.91. The van der Waals surface area contributed by atoms with E-state index in [0.29, 0.717) is 29.6 Å². The molecule has 3 aromatic rings. The topological polar surface area (TPSA) is 109 Å². The number of carboxylic acids is 1. The molecule has 0 bridgehead atoms. The van der Waals surface area contributed by atoms with Crippen molar-refractivity contribution in [1.29, 1.82) is 0 Å². The maximum absolute atomic E-state index is 13.5. The highest BCUT2D eigenvalue weighted by Gasteiger charge is 2.44. The van der Waals surface area contributed by atoms with Gasteiger partial charge < -0.3 is 19.6 Å². The van der Waals surface area contributed by atoms with Crippen LogP contribution in [-0.2, 0) is 9.53 Å². The Morgan fingerprint density at radius 1 is 1.09 bits per heavy atom. The number of hydrogen-bond acceptors (Lipinski definition) is 5. The quantitative estimate of drug-likeness (QED) is 0.587. The average molecular weight is 450 g/mol. The molecular formula is C25H26N2O6. The number of rotatable bonds is 4. The molecule has 0 radical (unpaired) electrons.